The number of nitrogens with two attached hydrogens (primary N) is 1. The van der Waals surface area contributed by atoms with Gasteiger partial charge in [0.05, 0.1) is 5.75 Å². The first-order valence-corrected chi connectivity index (χ1v) is 7.81. The van der Waals surface area contributed by atoms with E-state index in [9.17, 15) is 8.42 Å². The summed E-state index contributed by atoms with van der Waals surface area (Å²) in [4.78, 5) is 1.88. The van der Waals surface area contributed by atoms with Crippen LogP contribution in [0.1, 0.15) is 11.1 Å². The van der Waals surface area contributed by atoms with Crippen LogP contribution in [0.25, 0.3) is 0 Å². The van der Waals surface area contributed by atoms with E-state index >= 15 is 0 Å². The Balaban J connectivity index is 2.77. The lowest BCUT2D eigenvalue weighted by Crippen LogP contribution is -2.26. The number of hydrogen-bond acceptors (Lipinski definition) is 5. The maximum absolute atomic E-state index is 11.1. The molecule has 0 fully saturated rings. The Labute approximate surface area is 113 Å². The largest absolute Gasteiger partial charge is 0.409 e. The topological polar surface area (TPSA) is 96.0 Å². The van der Waals surface area contributed by atoms with Gasteiger partial charge < -0.3 is 15.8 Å². The molecule has 1 rings (SSSR count). The second kappa shape index (κ2) is 6.53. The van der Waals surface area contributed by atoms with Gasteiger partial charge in [0.2, 0.25) is 0 Å². The predicted molar refractivity (Wildman–Crippen MR) is 75.0 cm³/mol. The van der Waals surface area contributed by atoms with Gasteiger partial charge in [0.1, 0.15) is 9.84 Å². The molecular weight excluding hydrogens is 266 g/mol. The first-order chi connectivity index (χ1) is 8.83. The summed E-state index contributed by atoms with van der Waals surface area (Å²) in [6, 6.07) is 7.28. The monoisotopic (exact) mass is 285 g/mol. The molecule has 0 aliphatic heterocycles. The molecule has 0 atom stereocenters. The normalized spacial score (nSPS) is 12.9. The number of rotatable bonds is 6. The fourth-order valence-electron chi connectivity index (χ4n) is 1.65. The molecule has 3 N–H and O–H groups in total. The van der Waals surface area contributed by atoms with Crippen molar-refractivity contribution in [2.24, 2.45) is 10.9 Å². The van der Waals surface area contributed by atoms with Gasteiger partial charge in [-0.15, -0.1) is 0 Å². The Morgan fingerprint density at radius 3 is 2.63 bits per heavy atom. The molecule has 7 heteroatoms. The van der Waals surface area contributed by atoms with E-state index < -0.39 is 9.84 Å². The highest BCUT2D eigenvalue weighted by Crippen LogP contribution is 2.10. The van der Waals surface area contributed by atoms with Crippen LogP contribution in [0.5, 0.6) is 0 Å². The quantitative estimate of drug-likeness (QED) is 0.338. The Morgan fingerprint density at radius 1 is 1.42 bits per heavy atom. The van der Waals surface area contributed by atoms with Gasteiger partial charge in [0, 0.05) is 24.9 Å². The maximum Gasteiger partial charge on any atom is 0.170 e. The molecule has 0 heterocycles. The average Bonchev–Trinajstić information content (AvgIpc) is 2.35. The van der Waals surface area contributed by atoms with E-state index in [2.05, 4.69) is 5.16 Å². The van der Waals surface area contributed by atoms with Crippen molar-refractivity contribution >= 4 is 15.7 Å². The van der Waals surface area contributed by atoms with Gasteiger partial charge in [-0.05, 0) is 12.6 Å². The molecule has 19 heavy (non-hydrogen) atoms. The lowest BCUT2D eigenvalue weighted by Gasteiger charge is -2.18. The van der Waals surface area contributed by atoms with E-state index in [1.165, 1.54) is 6.26 Å². The van der Waals surface area contributed by atoms with Crippen LogP contribution in [0, 0.1) is 0 Å². The summed E-state index contributed by atoms with van der Waals surface area (Å²) in [5.41, 5.74) is 7.13. The van der Waals surface area contributed by atoms with Crippen molar-refractivity contribution in [2.45, 2.75) is 6.54 Å². The molecule has 0 saturated heterocycles. The zero-order valence-corrected chi connectivity index (χ0v) is 11.9. The second-order valence-electron chi connectivity index (χ2n) is 4.51. The molecule has 0 saturated carbocycles. The Morgan fingerprint density at radius 2 is 2.05 bits per heavy atom. The second-order valence-corrected chi connectivity index (χ2v) is 6.77. The van der Waals surface area contributed by atoms with Crippen molar-refractivity contribution in [1.29, 1.82) is 0 Å². The number of oxime groups is 1. The SMILES string of the molecule is CN(CCS(C)(=O)=O)Cc1ccccc1C(N)=NO. The minimum atomic E-state index is -2.97. The number of sulfone groups is 1. The van der Waals surface area contributed by atoms with E-state index in [1.807, 2.05) is 24.1 Å². The molecule has 0 bridgehead atoms. The highest BCUT2D eigenvalue weighted by molar-refractivity contribution is 7.90. The van der Waals surface area contributed by atoms with Crippen molar-refractivity contribution in [3.8, 4) is 0 Å². The van der Waals surface area contributed by atoms with Crippen LogP contribution in [0.3, 0.4) is 0 Å². The average molecular weight is 285 g/mol. The van der Waals surface area contributed by atoms with E-state index in [1.54, 1.807) is 12.1 Å². The molecule has 0 amide bonds. The number of hydrogen-bond donors (Lipinski definition) is 2. The van der Waals surface area contributed by atoms with Crippen LogP contribution in [0.4, 0.5) is 0 Å². The van der Waals surface area contributed by atoms with Crippen molar-refractivity contribution in [3.05, 3.63) is 35.4 Å². The molecule has 1 aromatic carbocycles. The number of amidine groups is 1. The van der Waals surface area contributed by atoms with E-state index in [0.717, 1.165) is 5.56 Å². The molecular formula is C12H19N3O3S. The van der Waals surface area contributed by atoms with E-state index in [4.69, 9.17) is 10.9 Å². The van der Waals surface area contributed by atoms with Crippen LogP contribution >= 0.6 is 0 Å². The summed E-state index contributed by atoms with van der Waals surface area (Å²) >= 11 is 0. The van der Waals surface area contributed by atoms with E-state index in [-0.39, 0.29) is 11.6 Å². The molecule has 0 spiro atoms. The van der Waals surface area contributed by atoms with Gasteiger partial charge in [-0.1, -0.05) is 29.4 Å². The summed E-state index contributed by atoms with van der Waals surface area (Å²) < 4.78 is 22.2. The van der Waals surface area contributed by atoms with Gasteiger partial charge in [-0.25, -0.2) is 8.42 Å². The van der Waals surface area contributed by atoms with Crippen molar-refractivity contribution in [1.82, 2.24) is 4.90 Å². The van der Waals surface area contributed by atoms with Gasteiger partial charge in [0.15, 0.2) is 5.84 Å². The molecule has 0 aliphatic carbocycles. The molecule has 0 aromatic heterocycles. The third-order valence-electron chi connectivity index (χ3n) is 2.69. The molecule has 0 unspecified atom stereocenters. The van der Waals surface area contributed by atoms with Crippen LogP contribution in [-0.2, 0) is 16.4 Å². The predicted octanol–water partition coefficient (Wildman–Crippen LogP) is 0.258. The summed E-state index contributed by atoms with van der Waals surface area (Å²) in [5.74, 6) is 0.155. The summed E-state index contributed by atoms with van der Waals surface area (Å²) in [6.07, 6.45) is 1.21. The third kappa shape index (κ3) is 5.27. The fraction of sp³-hybridized carbons (Fsp3) is 0.417. The number of nitrogens with zero attached hydrogens (tertiary/aromatic N) is 2. The highest BCUT2D eigenvalue weighted by atomic mass is 32.2. The lowest BCUT2D eigenvalue weighted by molar-refractivity contribution is 0.318. The number of benzene rings is 1. The summed E-state index contributed by atoms with van der Waals surface area (Å²) in [6.45, 7) is 0.964. The Kier molecular flexibility index (Phi) is 5.31. The van der Waals surface area contributed by atoms with Gasteiger partial charge in [-0.2, -0.15) is 0 Å². The van der Waals surface area contributed by atoms with Crippen molar-refractivity contribution < 1.29 is 13.6 Å². The maximum atomic E-state index is 11.1. The summed E-state index contributed by atoms with van der Waals surface area (Å²) in [5, 5.41) is 11.7. The van der Waals surface area contributed by atoms with Crippen LogP contribution in [-0.4, -0.2) is 50.0 Å². The minimum absolute atomic E-state index is 0.0483. The molecule has 1 aromatic rings. The van der Waals surface area contributed by atoms with Crippen LogP contribution in [0.2, 0.25) is 0 Å². The zero-order chi connectivity index (χ0) is 14.5. The molecule has 0 radical (unpaired) electrons. The van der Waals surface area contributed by atoms with Crippen molar-refractivity contribution in [3.63, 3.8) is 0 Å². The Bertz CT molecular complexity index is 555. The van der Waals surface area contributed by atoms with Gasteiger partial charge in [0.25, 0.3) is 0 Å². The summed E-state index contributed by atoms with van der Waals surface area (Å²) in [7, 11) is -1.15. The molecule has 0 aliphatic rings. The van der Waals surface area contributed by atoms with Crippen LogP contribution in [0.15, 0.2) is 29.4 Å². The molecule has 106 valence electrons. The fourth-order valence-corrected chi connectivity index (χ4v) is 2.30. The standard InChI is InChI=1S/C12H19N3O3S/c1-15(7-8-19(2,17)18)9-10-5-3-4-6-11(10)12(13)14-16/h3-6,16H,7-9H2,1-2H3,(H2,13,14). The van der Waals surface area contributed by atoms with Gasteiger partial charge >= 0.3 is 0 Å². The van der Waals surface area contributed by atoms with Crippen molar-refractivity contribution in [2.75, 3.05) is 25.6 Å². The zero-order valence-electron chi connectivity index (χ0n) is 11.1. The van der Waals surface area contributed by atoms with E-state index in [0.29, 0.717) is 18.7 Å². The van der Waals surface area contributed by atoms with Gasteiger partial charge in [-0.3, -0.25) is 0 Å². The lowest BCUT2D eigenvalue weighted by atomic mass is 10.1. The Hall–Kier alpha value is -1.60. The third-order valence-corrected chi connectivity index (χ3v) is 3.61. The first-order valence-electron chi connectivity index (χ1n) is 5.75. The minimum Gasteiger partial charge on any atom is -0.409 e. The smallest absolute Gasteiger partial charge is 0.170 e. The molecule has 6 nitrogen and oxygen atoms in total. The first kappa shape index (κ1) is 15.5. The van der Waals surface area contributed by atoms with Crippen LogP contribution < -0.4 is 5.73 Å². The highest BCUT2D eigenvalue weighted by Gasteiger charge is 2.10.